The van der Waals surface area contributed by atoms with Gasteiger partial charge < -0.3 is 5.32 Å². The summed E-state index contributed by atoms with van der Waals surface area (Å²) < 4.78 is 0. The van der Waals surface area contributed by atoms with Crippen molar-refractivity contribution in [2.75, 3.05) is 0 Å². The van der Waals surface area contributed by atoms with Gasteiger partial charge in [-0.15, -0.1) is 11.3 Å². The molecule has 0 fully saturated rings. The molecule has 0 bridgehead atoms. The minimum absolute atomic E-state index is 0.255. The van der Waals surface area contributed by atoms with Crippen LogP contribution in [-0.2, 0) is 0 Å². The van der Waals surface area contributed by atoms with Crippen molar-refractivity contribution in [1.29, 1.82) is 0 Å². The van der Waals surface area contributed by atoms with Crippen LogP contribution in [0.2, 0.25) is 0 Å². The van der Waals surface area contributed by atoms with Crippen LogP contribution in [0.4, 0.5) is 0 Å². The summed E-state index contributed by atoms with van der Waals surface area (Å²) in [5.41, 5.74) is 5.26. The van der Waals surface area contributed by atoms with E-state index in [-0.39, 0.29) is 6.04 Å². The lowest BCUT2D eigenvalue weighted by molar-refractivity contribution is 0.371. The fraction of sp³-hybridized carbons (Fsp3) is 0.452. The molecule has 1 aliphatic carbocycles. The molecule has 0 spiro atoms. The summed E-state index contributed by atoms with van der Waals surface area (Å²) in [7, 11) is 0. The molecule has 2 aromatic carbocycles. The molecule has 0 saturated carbocycles. The molecule has 0 amide bonds. The smallest absolute Gasteiger partial charge is 0.116 e. The van der Waals surface area contributed by atoms with Crippen molar-refractivity contribution in [2.45, 2.75) is 72.8 Å². The first-order valence-corrected chi connectivity index (χ1v) is 14.0. The molecule has 180 valence electrons. The minimum atomic E-state index is 0.255. The lowest BCUT2D eigenvalue weighted by Crippen LogP contribution is -2.29. The van der Waals surface area contributed by atoms with Gasteiger partial charge in [-0.25, -0.2) is 4.98 Å². The largest absolute Gasteiger partial charge is 0.379 e. The molecule has 0 saturated heterocycles. The van der Waals surface area contributed by atoms with E-state index in [1.165, 1.54) is 51.9 Å². The van der Waals surface area contributed by atoms with Crippen molar-refractivity contribution in [3.8, 4) is 11.3 Å². The number of nitrogens with one attached hydrogen (secondary N) is 1. The number of fused-ring (bicyclic) bond motifs is 1. The zero-order valence-corrected chi connectivity index (χ0v) is 22.3. The Hall–Kier alpha value is -2.39. The Kier molecular flexibility index (Phi) is 8.26. The van der Waals surface area contributed by atoms with E-state index in [9.17, 15) is 0 Å². The molecular weight excluding hydrogens is 432 g/mol. The molecule has 4 rings (SSSR count). The van der Waals surface area contributed by atoms with Gasteiger partial charge in [0, 0.05) is 22.6 Å². The minimum Gasteiger partial charge on any atom is -0.379 e. The van der Waals surface area contributed by atoms with Gasteiger partial charge in [-0.1, -0.05) is 102 Å². The van der Waals surface area contributed by atoms with Crippen LogP contribution in [0.25, 0.3) is 22.0 Å². The second-order valence-electron chi connectivity index (χ2n) is 10.3. The van der Waals surface area contributed by atoms with Crippen LogP contribution < -0.4 is 5.32 Å². The summed E-state index contributed by atoms with van der Waals surface area (Å²) in [5, 5.41) is 10.1. The van der Waals surface area contributed by atoms with Gasteiger partial charge in [0.05, 0.1) is 11.7 Å². The van der Waals surface area contributed by atoms with Crippen LogP contribution in [0.5, 0.6) is 0 Å². The summed E-state index contributed by atoms with van der Waals surface area (Å²) in [5.74, 6) is 1.69. The van der Waals surface area contributed by atoms with E-state index in [4.69, 9.17) is 4.98 Å². The van der Waals surface area contributed by atoms with E-state index >= 15 is 0 Å². The SMILES string of the molecule is CCCCC(NC1=C(C(C)C)C=CCCC1C(C)C)c1nc(-c2cccc3ccccc23)cs1. The van der Waals surface area contributed by atoms with Crippen LogP contribution in [0.3, 0.4) is 0 Å². The maximum absolute atomic E-state index is 5.23. The lowest BCUT2D eigenvalue weighted by atomic mass is 9.85. The average Bonchev–Trinajstić information content (AvgIpc) is 3.21. The standard InChI is InChI=1S/C31H40N2S/c1-6-7-19-28(32-30-24(21(2)3)15-10-11-16-25(30)22(4)5)31-33-29(20-34-31)27-18-12-14-23-13-8-9-17-26(23)27/h8-10,12-15,17-18,20-22,25,28,32H,6-7,11,16,19H2,1-5H3. The normalized spacial score (nSPS) is 17.6. The zero-order chi connectivity index (χ0) is 24.1. The van der Waals surface area contributed by atoms with Crippen molar-refractivity contribution < 1.29 is 0 Å². The van der Waals surface area contributed by atoms with E-state index in [0.717, 1.165) is 18.5 Å². The maximum atomic E-state index is 5.23. The first kappa shape index (κ1) is 24.7. The number of hydrogen-bond donors (Lipinski definition) is 1. The third-order valence-electron chi connectivity index (χ3n) is 7.11. The van der Waals surface area contributed by atoms with Crippen molar-refractivity contribution in [1.82, 2.24) is 10.3 Å². The highest BCUT2D eigenvalue weighted by atomic mass is 32.1. The van der Waals surface area contributed by atoms with Gasteiger partial charge >= 0.3 is 0 Å². The summed E-state index contributed by atoms with van der Waals surface area (Å²) >= 11 is 1.81. The Bertz CT molecular complexity index is 1150. The van der Waals surface area contributed by atoms with E-state index in [1.807, 2.05) is 11.3 Å². The molecule has 1 N–H and O–H groups in total. The van der Waals surface area contributed by atoms with E-state index in [2.05, 4.69) is 99.9 Å². The van der Waals surface area contributed by atoms with E-state index in [1.54, 1.807) is 0 Å². The molecule has 2 unspecified atom stereocenters. The molecule has 1 heterocycles. The molecular formula is C31H40N2S. The highest BCUT2D eigenvalue weighted by Gasteiger charge is 2.27. The van der Waals surface area contributed by atoms with Gasteiger partial charge in [-0.05, 0) is 47.4 Å². The molecule has 3 heteroatoms. The molecule has 0 radical (unpaired) electrons. The number of thiazole rings is 1. The second-order valence-corrected chi connectivity index (χ2v) is 11.2. The highest BCUT2D eigenvalue weighted by Crippen LogP contribution is 2.37. The summed E-state index contributed by atoms with van der Waals surface area (Å²) in [4.78, 5) is 5.23. The molecule has 1 aliphatic rings. The number of hydrogen-bond acceptors (Lipinski definition) is 3. The number of nitrogens with zero attached hydrogens (tertiary/aromatic N) is 1. The molecule has 1 aromatic heterocycles. The summed E-state index contributed by atoms with van der Waals surface area (Å²) in [6.07, 6.45) is 10.6. The van der Waals surface area contributed by atoms with Crippen molar-refractivity contribution in [2.24, 2.45) is 17.8 Å². The maximum Gasteiger partial charge on any atom is 0.116 e. The van der Waals surface area contributed by atoms with Gasteiger partial charge in [0.15, 0.2) is 0 Å². The van der Waals surface area contributed by atoms with Crippen LogP contribution in [0.15, 0.2) is 71.3 Å². The summed E-state index contributed by atoms with van der Waals surface area (Å²) in [6, 6.07) is 15.4. The zero-order valence-electron chi connectivity index (χ0n) is 21.5. The number of rotatable bonds is 9. The quantitative estimate of drug-likeness (QED) is 0.335. The van der Waals surface area contributed by atoms with Crippen LogP contribution in [0, 0.1) is 17.8 Å². The first-order valence-electron chi connectivity index (χ1n) is 13.1. The summed E-state index contributed by atoms with van der Waals surface area (Å²) in [6.45, 7) is 11.7. The number of unbranched alkanes of at least 4 members (excludes halogenated alkanes) is 1. The predicted molar refractivity (Wildman–Crippen MR) is 149 cm³/mol. The lowest BCUT2D eigenvalue weighted by Gasteiger charge is -2.30. The van der Waals surface area contributed by atoms with Crippen molar-refractivity contribution >= 4 is 22.1 Å². The second kappa shape index (κ2) is 11.4. The average molecular weight is 473 g/mol. The first-order chi connectivity index (χ1) is 16.5. The van der Waals surface area contributed by atoms with E-state index in [0.29, 0.717) is 17.8 Å². The Balaban J connectivity index is 1.71. The fourth-order valence-corrected chi connectivity index (χ4v) is 6.07. The molecule has 2 nitrogen and oxygen atoms in total. The predicted octanol–water partition coefficient (Wildman–Crippen LogP) is 9.32. The Morgan fingerprint density at radius 1 is 1.06 bits per heavy atom. The Morgan fingerprint density at radius 3 is 2.62 bits per heavy atom. The van der Waals surface area contributed by atoms with Crippen LogP contribution in [-0.4, -0.2) is 4.98 Å². The third-order valence-corrected chi connectivity index (χ3v) is 8.07. The highest BCUT2D eigenvalue weighted by molar-refractivity contribution is 7.10. The van der Waals surface area contributed by atoms with Gasteiger partial charge in [0.25, 0.3) is 0 Å². The molecule has 34 heavy (non-hydrogen) atoms. The van der Waals surface area contributed by atoms with E-state index < -0.39 is 0 Å². The Morgan fingerprint density at radius 2 is 1.85 bits per heavy atom. The van der Waals surface area contributed by atoms with Gasteiger partial charge in [0.1, 0.15) is 5.01 Å². The topological polar surface area (TPSA) is 24.9 Å². The Labute approximate surface area is 210 Å². The van der Waals surface area contributed by atoms with Gasteiger partial charge in [-0.2, -0.15) is 0 Å². The van der Waals surface area contributed by atoms with Crippen LogP contribution >= 0.6 is 11.3 Å². The molecule has 3 aromatic rings. The fourth-order valence-electron chi connectivity index (χ4n) is 5.17. The van der Waals surface area contributed by atoms with Gasteiger partial charge in [-0.3, -0.25) is 0 Å². The third kappa shape index (κ3) is 5.46. The monoisotopic (exact) mass is 472 g/mol. The number of benzene rings is 2. The van der Waals surface area contributed by atoms with Crippen molar-refractivity contribution in [3.63, 3.8) is 0 Å². The number of allylic oxidation sites excluding steroid dienone is 4. The van der Waals surface area contributed by atoms with Crippen LogP contribution in [0.1, 0.15) is 77.8 Å². The number of aromatic nitrogens is 1. The molecule has 2 atom stereocenters. The van der Waals surface area contributed by atoms with Crippen molar-refractivity contribution in [3.05, 3.63) is 76.3 Å². The molecule has 0 aliphatic heterocycles. The van der Waals surface area contributed by atoms with Gasteiger partial charge in [0.2, 0.25) is 0 Å².